The predicted octanol–water partition coefficient (Wildman–Crippen LogP) is 6.21. The number of ketones is 1. The number of amides is 2. The van der Waals surface area contributed by atoms with E-state index in [2.05, 4.69) is 13.0 Å². The Morgan fingerprint density at radius 2 is 1.64 bits per heavy atom. The average Bonchev–Trinajstić information content (AvgIpc) is 3.35. The van der Waals surface area contributed by atoms with Gasteiger partial charge in [-0.2, -0.15) is 5.26 Å². The molecule has 6 rings (SSSR count). The van der Waals surface area contributed by atoms with Crippen molar-refractivity contribution >= 4 is 41.0 Å². The number of imide groups is 1. The summed E-state index contributed by atoms with van der Waals surface area (Å²) in [6, 6.07) is 26.9. The van der Waals surface area contributed by atoms with Gasteiger partial charge in [0.25, 0.3) is 0 Å². The zero-order valence-corrected chi connectivity index (χ0v) is 25.4. The van der Waals surface area contributed by atoms with E-state index in [1.54, 1.807) is 12.1 Å². The van der Waals surface area contributed by atoms with Crippen LogP contribution in [0.1, 0.15) is 57.3 Å². The maximum Gasteiger partial charge on any atom is 0.338 e. The molecular formula is C36H29N3O5S. The summed E-state index contributed by atoms with van der Waals surface area (Å²) in [6.07, 6.45) is 2.69. The molecule has 2 unspecified atom stereocenters. The number of carbonyl (C=O) groups excluding carboxylic acids is 4. The topological polar surface area (TPSA) is 117 Å². The molecule has 0 radical (unpaired) electrons. The van der Waals surface area contributed by atoms with E-state index in [1.165, 1.54) is 24.3 Å². The van der Waals surface area contributed by atoms with Gasteiger partial charge in [-0.25, -0.2) is 14.7 Å². The maximum absolute atomic E-state index is 13.3. The number of nitriles is 1. The van der Waals surface area contributed by atoms with Gasteiger partial charge in [0.15, 0.2) is 12.4 Å². The highest BCUT2D eigenvalue weighted by Gasteiger charge is 2.41. The van der Waals surface area contributed by atoms with E-state index in [0.717, 1.165) is 58.3 Å². The highest BCUT2D eigenvalue weighted by atomic mass is 32.2. The number of Topliss-reactive ketones (excluding diaryl/α,β-unsaturated/α-hetero) is 1. The molecule has 2 aliphatic rings. The molecule has 9 heteroatoms. The number of nitrogens with zero attached hydrogens (tertiary/aromatic N) is 3. The number of anilines is 1. The lowest BCUT2D eigenvalue weighted by Crippen LogP contribution is -2.31. The molecule has 1 fully saturated rings. The molecule has 2 heterocycles. The number of fused-ring (bicyclic) bond motifs is 1. The number of pyridine rings is 1. The molecule has 8 nitrogen and oxygen atoms in total. The number of aromatic nitrogens is 1. The summed E-state index contributed by atoms with van der Waals surface area (Å²) in [7, 11) is 0. The number of esters is 1. The molecule has 1 aliphatic carbocycles. The van der Waals surface area contributed by atoms with Crippen LogP contribution in [-0.4, -0.2) is 40.4 Å². The summed E-state index contributed by atoms with van der Waals surface area (Å²) in [4.78, 5) is 57.4. The van der Waals surface area contributed by atoms with Crippen molar-refractivity contribution in [2.75, 3.05) is 11.5 Å². The molecule has 0 bridgehead atoms. The third-order valence-corrected chi connectivity index (χ3v) is 9.27. The lowest BCUT2D eigenvalue weighted by atomic mass is 9.87. The summed E-state index contributed by atoms with van der Waals surface area (Å²) < 4.78 is 5.24. The molecule has 0 spiro atoms. The molecule has 3 aromatic carbocycles. The number of thioether (sulfide) groups is 1. The van der Waals surface area contributed by atoms with E-state index < -0.39 is 23.7 Å². The lowest BCUT2D eigenvalue weighted by Gasteiger charge is -2.22. The van der Waals surface area contributed by atoms with Crippen LogP contribution in [0.4, 0.5) is 5.69 Å². The number of benzene rings is 3. The van der Waals surface area contributed by atoms with Crippen molar-refractivity contribution in [3.8, 4) is 17.2 Å². The van der Waals surface area contributed by atoms with Gasteiger partial charge in [0.2, 0.25) is 11.8 Å². The molecule has 224 valence electrons. The molecule has 45 heavy (non-hydrogen) atoms. The Bertz CT molecular complexity index is 1830. The van der Waals surface area contributed by atoms with Crippen LogP contribution in [0, 0.1) is 17.2 Å². The Morgan fingerprint density at radius 3 is 2.36 bits per heavy atom. The number of aryl methyl sites for hydroxylation is 1. The lowest BCUT2D eigenvalue weighted by molar-refractivity contribution is -0.121. The fraction of sp³-hybridized carbons (Fsp3) is 0.222. The minimum atomic E-state index is -0.713. The smallest absolute Gasteiger partial charge is 0.338 e. The number of hydrogen-bond donors (Lipinski definition) is 0. The summed E-state index contributed by atoms with van der Waals surface area (Å²) in [5.41, 5.74) is 5.39. The van der Waals surface area contributed by atoms with Crippen molar-refractivity contribution in [2.24, 2.45) is 5.92 Å². The van der Waals surface area contributed by atoms with Crippen LogP contribution in [0.5, 0.6) is 0 Å². The van der Waals surface area contributed by atoms with Crippen LogP contribution in [0.15, 0.2) is 90.0 Å². The second-order valence-corrected chi connectivity index (χ2v) is 12.5. The second-order valence-electron chi connectivity index (χ2n) is 11.3. The van der Waals surface area contributed by atoms with Crippen LogP contribution >= 0.6 is 11.8 Å². The van der Waals surface area contributed by atoms with Gasteiger partial charge in [0.05, 0.1) is 22.1 Å². The van der Waals surface area contributed by atoms with Crippen molar-refractivity contribution in [1.29, 1.82) is 5.26 Å². The first-order chi connectivity index (χ1) is 21.8. The summed E-state index contributed by atoms with van der Waals surface area (Å²) in [5.74, 6) is -1.27. The van der Waals surface area contributed by atoms with Crippen LogP contribution in [0.25, 0.3) is 11.1 Å². The third-order valence-electron chi connectivity index (χ3n) is 8.09. The van der Waals surface area contributed by atoms with Crippen LogP contribution < -0.4 is 4.90 Å². The zero-order valence-electron chi connectivity index (χ0n) is 24.6. The molecule has 2 atom stereocenters. The van der Waals surface area contributed by atoms with Gasteiger partial charge in [0, 0.05) is 17.7 Å². The van der Waals surface area contributed by atoms with Crippen molar-refractivity contribution in [2.45, 2.75) is 42.9 Å². The molecule has 1 aliphatic heterocycles. The van der Waals surface area contributed by atoms with E-state index in [4.69, 9.17) is 9.72 Å². The van der Waals surface area contributed by atoms with E-state index in [-0.39, 0.29) is 23.7 Å². The molecule has 4 aromatic rings. The van der Waals surface area contributed by atoms with Gasteiger partial charge in [-0.3, -0.25) is 14.4 Å². The number of hydrogen-bond acceptors (Lipinski definition) is 8. The largest absolute Gasteiger partial charge is 0.454 e. The van der Waals surface area contributed by atoms with E-state index in [0.29, 0.717) is 27.8 Å². The Labute approximate surface area is 265 Å². The average molecular weight is 616 g/mol. The first-order valence-electron chi connectivity index (χ1n) is 14.7. The van der Waals surface area contributed by atoms with Crippen molar-refractivity contribution in [3.63, 3.8) is 0 Å². The molecule has 1 saturated heterocycles. The Balaban J connectivity index is 1.07. The van der Waals surface area contributed by atoms with Gasteiger partial charge in [-0.1, -0.05) is 73.3 Å². The number of ether oxygens (including phenoxy) is 1. The highest BCUT2D eigenvalue weighted by Crippen LogP contribution is 2.36. The standard InChI is InChI=1S/C36H29N3O5S/c1-22-7-16-30-27(17-22)18-28(20-37)34(38-30)45-32-19-33(41)39(35(32)42)29-14-12-26(13-15-29)36(43)44-21-31(40)25-10-8-24(9-11-25)23-5-3-2-4-6-23/h2-6,8-15,18,22,32H,7,16-17,19,21H2,1H3. The minimum absolute atomic E-state index is 0.0254. The SMILES string of the molecule is CC1CCc2nc(SC3CC(=O)N(c4ccc(C(=O)OCC(=O)c5ccc(-c6ccccc6)cc5)cc4)C3=O)c(C#N)cc2C1. The van der Waals surface area contributed by atoms with Gasteiger partial charge in [-0.05, 0) is 72.2 Å². The second kappa shape index (κ2) is 12.9. The molecule has 0 N–H and O–H groups in total. The molecular weight excluding hydrogens is 586 g/mol. The fourth-order valence-corrected chi connectivity index (χ4v) is 6.72. The first-order valence-corrected chi connectivity index (χ1v) is 15.6. The zero-order chi connectivity index (χ0) is 31.5. The van der Waals surface area contributed by atoms with Crippen LogP contribution in [0.2, 0.25) is 0 Å². The molecule has 1 aromatic heterocycles. The van der Waals surface area contributed by atoms with E-state index in [9.17, 15) is 24.4 Å². The van der Waals surface area contributed by atoms with E-state index in [1.807, 2.05) is 48.5 Å². The predicted molar refractivity (Wildman–Crippen MR) is 170 cm³/mol. The minimum Gasteiger partial charge on any atom is -0.454 e. The third kappa shape index (κ3) is 6.42. The summed E-state index contributed by atoms with van der Waals surface area (Å²) in [5, 5.41) is 9.49. The highest BCUT2D eigenvalue weighted by molar-refractivity contribution is 8.00. The maximum atomic E-state index is 13.3. The quantitative estimate of drug-likeness (QED) is 0.131. The van der Waals surface area contributed by atoms with Gasteiger partial charge in [0.1, 0.15) is 11.1 Å². The Morgan fingerprint density at radius 1 is 0.956 bits per heavy atom. The van der Waals surface area contributed by atoms with Crippen LogP contribution in [0.3, 0.4) is 0 Å². The first kappa shape index (κ1) is 30.0. The molecule has 2 amide bonds. The van der Waals surface area contributed by atoms with E-state index >= 15 is 0 Å². The number of carbonyl (C=O) groups is 4. The Hall–Kier alpha value is -5.07. The normalized spacial score (nSPS) is 17.5. The fourth-order valence-electron chi connectivity index (χ4n) is 5.62. The summed E-state index contributed by atoms with van der Waals surface area (Å²) in [6.45, 7) is 1.76. The monoisotopic (exact) mass is 615 g/mol. The summed E-state index contributed by atoms with van der Waals surface area (Å²) >= 11 is 1.15. The Kier molecular flexibility index (Phi) is 8.58. The van der Waals surface area contributed by atoms with Gasteiger partial charge >= 0.3 is 5.97 Å². The van der Waals surface area contributed by atoms with Crippen molar-refractivity contribution in [3.05, 3.63) is 113 Å². The molecule has 0 saturated carbocycles. The van der Waals surface area contributed by atoms with Gasteiger partial charge < -0.3 is 4.74 Å². The van der Waals surface area contributed by atoms with Gasteiger partial charge in [-0.15, -0.1) is 0 Å². The van der Waals surface area contributed by atoms with Crippen molar-refractivity contribution in [1.82, 2.24) is 4.98 Å². The number of rotatable bonds is 8. The van der Waals surface area contributed by atoms with Crippen molar-refractivity contribution < 1.29 is 23.9 Å². The van der Waals surface area contributed by atoms with Crippen LogP contribution in [-0.2, 0) is 27.2 Å².